The van der Waals surface area contributed by atoms with Gasteiger partial charge in [0.05, 0.1) is 0 Å². The predicted molar refractivity (Wildman–Crippen MR) is 133 cm³/mol. The van der Waals surface area contributed by atoms with Crippen molar-refractivity contribution in [2.75, 3.05) is 0 Å². The number of nitrogens with one attached hydrogen (secondary N) is 1. The third kappa shape index (κ3) is 7.25. The number of aliphatic carboxylic acids is 1. The Labute approximate surface area is 216 Å². The van der Waals surface area contributed by atoms with Gasteiger partial charge in [-0.15, -0.1) is 0 Å². The number of alkyl halides is 3. The molecule has 2 N–H and O–H groups in total. The molecule has 0 radical (unpaired) electrons. The van der Waals surface area contributed by atoms with Crippen LogP contribution in [0.2, 0.25) is 0 Å². The van der Waals surface area contributed by atoms with Gasteiger partial charge in [0.15, 0.2) is 5.82 Å². The maximum Gasteiger partial charge on any atom is 0.490 e. The Hall–Kier alpha value is -4.54. The summed E-state index contributed by atoms with van der Waals surface area (Å²) in [5.41, 5.74) is 4.47. The van der Waals surface area contributed by atoms with E-state index in [4.69, 9.17) is 9.90 Å². The first-order chi connectivity index (χ1) is 18.2. The maximum atomic E-state index is 12.9. The molecule has 1 amide bonds. The van der Waals surface area contributed by atoms with Crippen LogP contribution in [0, 0.1) is 5.92 Å². The number of hydrogen-bond donors (Lipinski definition) is 2. The molecule has 1 fully saturated rings. The smallest absolute Gasteiger partial charge is 0.475 e. The highest BCUT2D eigenvalue weighted by Crippen LogP contribution is 2.32. The lowest BCUT2D eigenvalue weighted by Gasteiger charge is -2.09. The summed E-state index contributed by atoms with van der Waals surface area (Å²) in [6.45, 7) is 1.31. The number of hydrogen-bond acceptors (Lipinski definition) is 5. The van der Waals surface area contributed by atoms with Crippen LogP contribution >= 0.6 is 0 Å². The molecule has 3 heterocycles. The van der Waals surface area contributed by atoms with Crippen LogP contribution in [-0.2, 0) is 17.9 Å². The minimum atomic E-state index is -5.08. The van der Waals surface area contributed by atoms with Crippen molar-refractivity contribution < 1.29 is 27.9 Å². The summed E-state index contributed by atoms with van der Waals surface area (Å²) in [6.07, 6.45) is 6.54. The summed E-state index contributed by atoms with van der Waals surface area (Å²) in [5, 5.41) is 10.1. The molecule has 0 bridgehead atoms. The van der Waals surface area contributed by atoms with Crippen molar-refractivity contribution in [2.45, 2.75) is 32.1 Å². The van der Waals surface area contributed by atoms with Crippen LogP contribution in [0.25, 0.3) is 22.5 Å². The van der Waals surface area contributed by atoms with E-state index in [2.05, 4.69) is 24.8 Å². The quantitative estimate of drug-likeness (QED) is 0.354. The van der Waals surface area contributed by atoms with E-state index in [-0.39, 0.29) is 5.91 Å². The number of carbonyl (C=O) groups excluding carboxylic acids is 1. The van der Waals surface area contributed by atoms with E-state index in [1.165, 1.54) is 12.8 Å². The number of halogens is 3. The SMILES string of the molecule is O=C(NCc1cccnc1)c1cc(-c2cnc(-c3ccccc3)nc2)cn1CC1CC1.O=C(O)C(F)(F)F. The molecule has 8 nitrogen and oxygen atoms in total. The van der Waals surface area contributed by atoms with Gasteiger partial charge >= 0.3 is 12.1 Å². The van der Waals surface area contributed by atoms with E-state index in [1.807, 2.05) is 67.1 Å². The second-order valence-corrected chi connectivity index (χ2v) is 8.72. The molecule has 1 aliphatic carbocycles. The first-order valence-electron chi connectivity index (χ1n) is 11.8. The monoisotopic (exact) mass is 523 g/mol. The van der Waals surface area contributed by atoms with Gasteiger partial charge in [0, 0.05) is 60.8 Å². The summed E-state index contributed by atoms with van der Waals surface area (Å²) in [4.78, 5) is 35.0. The number of carbonyl (C=O) groups is 2. The summed E-state index contributed by atoms with van der Waals surface area (Å²) >= 11 is 0. The second kappa shape index (κ2) is 11.7. The van der Waals surface area contributed by atoms with Crippen molar-refractivity contribution in [3.05, 3.63) is 90.8 Å². The van der Waals surface area contributed by atoms with E-state index >= 15 is 0 Å². The van der Waals surface area contributed by atoms with Gasteiger partial charge in [0.2, 0.25) is 0 Å². The number of benzene rings is 1. The van der Waals surface area contributed by atoms with Crippen LogP contribution in [0.5, 0.6) is 0 Å². The van der Waals surface area contributed by atoms with Gasteiger partial charge in [-0.05, 0) is 36.5 Å². The summed E-state index contributed by atoms with van der Waals surface area (Å²) in [6, 6.07) is 15.7. The minimum absolute atomic E-state index is 0.0856. The van der Waals surface area contributed by atoms with E-state index in [0.29, 0.717) is 24.0 Å². The molecule has 38 heavy (non-hydrogen) atoms. The van der Waals surface area contributed by atoms with Gasteiger partial charge in [-0.25, -0.2) is 14.8 Å². The predicted octanol–water partition coefficient (Wildman–Crippen LogP) is 4.98. The number of aromatic nitrogens is 4. The molecule has 4 aromatic rings. The number of amides is 1. The van der Waals surface area contributed by atoms with Crippen molar-refractivity contribution in [3.8, 4) is 22.5 Å². The van der Waals surface area contributed by atoms with E-state index in [9.17, 15) is 18.0 Å². The lowest BCUT2D eigenvalue weighted by atomic mass is 10.1. The zero-order valence-corrected chi connectivity index (χ0v) is 20.1. The van der Waals surface area contributed by atoms with Crippen LogP contribution < -0.4 is 5.32 Å². The Kier molecular flexibility index (Phi) is 8.15. The largest absolute Gasteiger partial charge is 0.490 e. The highest BCUT2D eigenvalue weighted by atomic mass is 19.4. The van der Waals surface area contributed by atoms with Gasteiger partial charge in [0.1, 0.15) is 5.69 Å². The molecule has 196 valence electrons. The molecule has 5 rings (SSSR count). The Morgan fingerprint density at radius 3 is 2.24 bits per heavy atom. The molecule has 0 spiro atoms. The van der Waals surface area contributed by atoms with Gasteiger partial charge in [-0.2, -0.15) is 13.2 Å². The van der Waals surface area contributed by atoms with Crippen LogP contribution in [0.1, 0.15) is 28.9 Å². The fourth-order valence-electron chi connectivity index (χ4n) is 3.58. The number of pyridine rings is 1. The molecule has 1 aliphatic rings. The lowest BCUT2D eigenvalue weighted by molar-refractivity contribution is -0.192. The lowest BCUT2D eigenvalue weighted by Crippen LogP contribution is -2.25. The average molecular weight is 524 g/mol. The molecule has 3 aromatic heterocycles. The molecule has 11 heteroatoms. The van der Waals surface area contributed by atoms with E-state index < -0.39 is 12.1 Å². The first-order valence-corrected chi connectivity index (χ1v) is 11.8. The molecule has 0 aliphatic heterocycles. The third-order valence-electron chi connectivity index (χ3n) is 5.72. The van der Waals surface area contributed by atoms with Crippen molar-refractivity contribution in [3.63, 3.8) is 0 Å². The highest BCUT2D eigenvalue weighted by molar-refractivity contribution is 5.94. The average Bonchev–Trinajstić information content (AvgIpc) is 3.64. The van der Waals surface area contributed by atoms with Gasteiger partial charge in [-0.3, -0.25) is 9.78 Å². The Balaban J connectivity index is 0.000000426. The molecular weight excluding hydrogens is 499 g/mol. The number of nitrogens with zero attached hydrogens (tertiary/aromatic N) is 4. The Morgan fingerprint density at radius 2 is 1.66 bits per heavy atom. The molecular formula is C27H24F3N5O3. The molecule has 0 atom stereocenters. The zero-order valence-electron chi connectivity index (χ0n) is 20.1. The topological polar surface area (TPSA) is 110 Å². The summed E-state index contributed by atoms with van der Waals surface area (Å²) in [5.74, 6) is -1.50. The Morgan fingerprint density at radius 1 is 0.974 bits per heavy atom. The zero-order chi connectivity index (χ0) is 27.1. The number of rotatable bonds is 7. The molecule has 1 saturated carbocycles. The van der Waals surface area contributed by atoms with Crippen LogP contribution in [-0.4, -0.2) is 42.7 Å². The van der Waals surface area contributed by atoms with E-state index in [0.717, 1.165) is 28.8 Å². The second-order valence-electron chi connectivity index (χ2n) is 8.72. The fraction of sp³-hybridized carbons (Fsp3) is 0.222. The summed E-state index contributed by atoms with van der Waals surface area (Å²) in [7, 11) is 0. The molecule has 1 aromatic carbocycles. The van der Waals surface area contributed by atoms with Crippen LogP contribution in [0.4, 0.5) is 13.2 Å². The number of carboxylic acid groups (broad SMARTS) is 1. The van der Waals surface area contributed by atoms with Crippen molar-refractivity contribution in [1.29, 1.82) is 0 Å². The van der Waals surface area contributed by atoms with Crippen molar-refractivity contribution in [2.24, 2.45) is 5.92 Å². The van der Waals surface area contributed by atoms with Gasteiger partial charge < -0.3 is 15.0 Å². The molecule has 0 unspecified atom stereocenters. The van der Waals surface area contributed by atoms with Crippen LogP contribution in [0.3, 0.4) is 0 Å². The summed E-state index contributed by atoms with van der Waals surface area (Å²) < 4.78 is 33.8. The maximum absolute atomic E-state index is 12.9. The fourth-order valence-corrected chi connectivity index (χ4v) is 3.58. The normalized spacial score (nSPS) is 12.8. The molecule has 0 saturated heterocycles. The van der Waals surface area contributed by atoms with Crippen molar-refractivity contribution in [1.82, 2.24) is 24.8 Å². The minimum Gasteiger partial charge on any atom is -0.475 e. The standard InChI is InChI=1S/C25H23N5O.C2HF3O2/c31-25(29-13-19-5-4-10-26-12-19)23-11-21(17-30(23)16-18-8-9-18)22-14-27-24(28-15-22)20-6-2-1-3-7-20;3-2(4,5)1(6)7/h1-7,10-12,14-15,17-18H,8-9,13,16H2,(H,29,31);(H,6,7). The third-order valence-corrected chi connectivity index (χ3v) is 5.72. The van der Waals surface area contributed by atoms with Crippen LogP contribution in [0.15, 0.2) is 79.5 Å². The number of carboxylic acids is 1. The van der Waals surface area contributed by atoms with Gasteiger partial charge in [-0.1, -0.05) is 36.4 Å². The van der Waals surface area contributed by atoms with Gasteiger partial charge in [0.25, 0.3) is 5.91 Å². The van der Waals surface area contributed by atoms with E-state index in [1.54, 1.807) is 12.4 Å². The first kappa shape index (κ1) is 26.5. The van der Waals surface area contributed by atoms with Crippen molar-refractivity contribution >= 4 is 11.9 Å². The highest BCUT2D eigenvalue weighted by Gasteiger charge is 2.38. The Bertz CT molecular complexity index is 1370.